The molecule has 182 valence electrons. The molecule has 0 spiro atoms. The molecule has 0 radical (unpaired) electrons. The van der Waals surface area contributed by atoms with Crippen LogP contribution in [0.5, 0.6) is 0 Å². The van der Waals surface area contributed by atoms with Gasteiger partial charge in [0, 0.05) is 23.9 Å². The average molecular weight is 473 g/mol. The topological polar surface area (TPSA) is 116 Å². The largest absolute Gasteiger partial charge is 0.483 e. The zero-order valence-corrected chi connectivity index (χ0v) is 20.6. The van der Waals surface area contributed by atoms with Crippen molar-refractivity contribution in [2.45, 2.75) is 27.7 Å². The Morgan fingerprint density at radius 2 is 1.86 bits per heavy atom. The maximum absolute atomic E-state index is 8.36. The zero-order valence-electron chi connectivity index (χ0n) is 20.6. The lowest BCUT2D eigenvalue weighted by molar-refractivity contribution is -0.122. The Kier molecular flexibility index (Phi) is 10.2. The Morgan fingerprint density at radius 1 is 1.17 bits per heavy atom. The second kappa shape index (κ2) is 13.3. The molecule has 35 heavy (non-hydrogen) atoms. The van der Waals surface area contributed by atoms with Crippen molar-refractivity contribution in [1.29, 1.82) is 0 Å². The SMILES string of the molecule is C=C(NCC)C1=C(C)c2ccc(/C(C=Nc3ccccc3)=N/N)cc2/C(=C\C)N1/N=C\C.O=CO. The van der Waals surface area contributed by atoms with Crippen LogP contribution in [0.25, 0.3) is 11.3 Å². The summed E-state index contributed by atoms with van der Waals surface area (Å²) < 4.78 is 0. The molecule has 4 N–H and O–H groups in total. The number of aliphatic imine (C=N–C) groups is 1. The summed E-state index contributed by atoms with van der Waals surface area (Å²) in [5.41, 5.74) is 8.35. The molecule has 1 aliphatic rings. The number of allylic oxidation sites excluding steroid dienone is 2. The predicted molar refractivity (Wildman–Crippen MR) is 146 cm³/mol. The number of carbonyl (C=O) groups is 1. The summed E-state index contributed by atoms with van der Waals surface area (Å²) >= 11 is 0. The normalized spacial score (nSPS) is 14.7. The number of para-hydroxylation sites is 1. The van der Waals surface area contributed by atoms with E-state index in [4.69, 9.17) is 15.7 Å². The van der Waals surface area contributed by atoms with Gasteiger partial charge in [-0.2, -0.15) is 10.2 Å². The van der Waals surface area contributed by atoms with Crippen molar-refractivity contribution in [3.05, 3.63) is 89.3 Å². The first-order valence-corrected chi connectivity index (χ1v) is 11.2. The van der Waals surface area contributed by atoms with Gasteiger partial charge in [-0.3, -0.25) is 9.79 Å². The lowest BCUT2D eigenvalue weighted by Crippen LogP contribution is -2.28. The molecule has 0 atom stereocenters. The first-order valence-electron chi connectivity index (χ1n) is 11.2. The lowest BCUT2D eigenvalue weighted by atomic mass is 9.89. The maximum atomic E-state index is 8.36. The van der Waals surface area contributed by atoms with E-state index in [0.717, 1.165) is 51.6 Å². The minimum Gasteiger partial charge on any atom is -0.483 e. The van der Waals surface area contributed by atoms with E-state index in [1.165, 1.54) is 0 Å². The number of hydrogen-bond donors (Lipinski definition) is 3. The van der Waals surface area contributed by atoms with E-state index >= 15 is 0 Å². The number of nitrogens with zero attached hydrogens (tertiary/aromatic N) is 4. The van der Waals surface area contributed by atoms with Crippen molar-refractivity contribution in [3.63, 3.8) is 0 Å². The first-order chi connectivity index (χ1) is 17.0. The monoisotopic (exact) mass is 472 g/mol. The number of nitrogens with one attached hydrogen (secondary N) is 1. The molecule has 2 aromatic rings. The van der Waals surface area contributed by atoms with Gasteiger partial charge in [0.05, 0.1) is 29.0 Å². The fourth-order valence-electron chi connectivity index (χ4n) is 3.76. The highest BCUT2D eigenvalue weighted by Crippen LogP contribution is 2.40. The summed E-state index contributed by atoms with van der Waals surface area (Å²) in [5.74, 6) is 5.73. The van der Waals surface area contributed by atoms with Crippen LogP contribution in [0.2, 0.25) is 0 Å². The lowest BCUT2D eigenvalue weighted by Gasteiger charge is -2.34. The van der Waals surface area contributed by atoms with Gasteiger partial charge in [0.25, 0.3) is 6.47 Å². The van der Waals surface area contributed by atoms with Gasteiger partial charge in [-0.15, -0.1) is 0 Å². The first kappa shape index (κ1) is 26.8. The van der Waals surface area contributed by atoms with Crippen LogP contribution in [0.4, 0.5) is 5.69 Å². The molecule has 0 fully saturated rings. The molecule has 0 aromatic heterocycles. The Bertz CT molecular complexity index is 1190. The molecule has 8 heteroatoms. The van der Waals surface area contributed by atoms with E-state index in [0.29, 0.717) is 5.71 Å². The van der Waals surface area contributed by atoms with Gasteiger partial charge in [-0.25, -0.2) is 5.01 Å². The summed E-state index contributed by atoms with van der Waals surface area (Å²) in [4.78, 5) is 12.9. The minimum atomic E-state index is -0.250. The van der Waals surface area contributed by atoms with Gasteiger partial charge in [0.1, 0.15) is 5.71 Å². The number of likely N-dealkylation sites (N-methyl/N-ethyl adjacent to an activating group) is 1. The molecule has 0 saturated heterocycles. The van der Waals surface area contributed by atoms with Gasteiger partial charge >= 0.3 is 0 Å². The van der Waals surface area contributed by atoms with Crippen molar-refractivity contribution in [1.82, 2.24) is 10.3 Å². The summed E-state index contributed by atoms with van der Waals surface area (Å²) in [5, 5.41) is 20.8. The number of rotatable bonds is 7. The molecule has 1 heterocycles. The van der Waals surface area contributed by atoms with E-state index in [9.17, 15) is 0 Å². The van der Waals surface area contributed by atoms with E-state index < -0.39 is 0 Å². The molecule has 0 unspecified atom stereocenters. The fourth-order valence-corrected chi connectivity index (χ4v) is 3.76. The van der Waals surface area contributed by atoms with Crippen LogP contribution < -0.4 is 11.2 Å². The molecule has 1 aliphatic heterocycles. The number of hydrazone groups is 2. The van der Waals surface area contributed by atoms with E-state index in [2.05, 4.69) is 59.1 Å². The van der Waals surface area contributed by atoms with Crippen molar-refractivity contribution in [3.8, 4) is 0 Å². The number of carboxylic acid groups (broad SMARTS) is 1. The molecule has 2 aromatic carbocycles. The number of benzene rings is 2. The minimum absolute atomic E-state index is 0.250. The summed E-state index contributed by atoms with van der Waals surface area (Å²) in [7, 11) is 0. The van der Waals surface area contributed by atoms with Crippen LogP contribution in [0.15, 0.2) is 87.8 Å². The summed E-state index contributed by atoms with van der Waals surface area (Å²) in [6, 6.07) is 15.9. The molecule has 0 bridgehead atoms. The summed E-state index contributed by atoms with van der Waals surface area (Å²) in [6.45, 7) is 12.8. The number of fused-ring (bicyclic) bond motifs is 1. The van der Waals surface area contributed by atoms with E-state index in [-0.39, 0.29) is 6.47 Å². The van der Waals surface area contributed by atoms with Crippen molar-refractivity contribution in [2.75, 3.05) is 6.54 Å². The Hall–Kier alpha value is -4.46. The van der Waals surface area contributed by atoms with Gasteiger partial charge in [-0.05, 0) is 57.0 Å². The predicted octanol–water partition coefficient (Wildman–Crippen LogP) is 4.99. The van der Waals surface area contributed by atoms with Crippen LogP contribution >= 0.6 is 0 Å². The smallest absolute Gasteiger partial charge is 0.290 e. The third-order valence-corrected chi connectivity index (χ3v) is 5.20. The van der Waals surface area contributed by atoms with E-state index in [1.807, 2.05) is 55.3 Å². The molecule has 8 nitrogen and oxygen atoms in total. The zero-order chi connectivity index (χ0) is 25.8. The Balaban J connectivity index is 0.00000137. The standard InChI is InChI=1S/C26H30N6.CH2O2/c1-6-25-23-16-20(24(31-27)17-29-21-12-10-9-11-13-21)14-15-22(23)18(4)26(19(5)28-7-2)32(25)30-8-3;2-1-3/h6,8-17,28H,5,7,27H2,1-4H3;1H,(H,2,3)/b25-6+,29-17?,30-8-,31-24+;. The third kappa shape index (κ3) is 6.32. The van der Waals surface area contributed by atoms with Crippen molar-refractivity contribution in [2.24, 2.45) is 21.0 Å². The van der Waals surface area contributed by atoms with Crippen molar-refractivity contribution < 1.29 is 9.90 Å². The highest BCUT2D eigenvalue weighted by atomic mass is 16.3. The molecular weight excluding hydrogens is 440 g/mol. The van der Waals surface area contributed by atoms with E-state index in [1.54, 1.807) is 12.4 Å². The van der Waals surface area contributed by atoms with Crippen LogP contribution in [-0.2, 0) is 4.79 Å². The van der Waals surface area contributed by atoms with Crippen LogP contribution in [0.1, 0.15) is 44.4 Å². The number of nitrogens with two attached hydrogens (primary N) is 1. The molecule has 0 saturated carbocycles. The molecule has 0 aliphatic carbocycles. The second-order valence-electron chi connectivity index (χ2n) is 7.32. The highest BCUT2D eigenvalue weighted by Gasteiger charge is 2.28. The quantitative estimate of drug-likeness (QED) is 0.227. The fraction of sp³-hybridized carbons (Fsp3) is 0.185. The Morgan fingerprint density at radius 3 is 2.43 bits per heavy atom. The molecule has 0 amide bonds. The van der Waals surface area contributed by atoms with Crippen LogP contribution in [0, 0.1) is 0 Å². The van der Waals surface area contributed by atoms with Gasteiger partial charge in [0.15, 0.2) is 0 Å². The number of hydrogen-bond acceptors (Lipinski definition) is 7. The van der Waals surface area contributed by atoms with Crippen LogP contribution in [0.3, 0.4) is 0 Å². The third-order valence-electron chi connectivity index (χ3n) is 5.20. The van der Waals surface area contributed by atoms with Gasteiger partial charge < -0.3 is 16.3 Å². The second-order valence-corrected chi connectivity index (χ2v) is 7.32. The van der Waals surface area contributed by atoms with Crippen LogP contribution in [-0.4, -0.2) is 41.3 Å². The molecular formula is C27H32N6O2. The highest BCUT2D eigenvalue weighted by molar-refractivity contribution is 6.38. The average Bonchev–Trinajstić information content (AvgIpc) is 2.86. The summed E-state index contributed by atoms with van der Waals surface area (Å²) in [6.07, 6.45) is 5.53. The van der Waals surface area contributed by atoms with Crippen molar-refractivity contribution >= 4 is 41.6 Å². The maximum Gasteiger partial charge on any atom is 0.290 e. The molecule has 3 rings (SSSR count). The van der Waals surface area contributed by atoms with Gasteiger partial charge in [0.2, 0.25) is 0 Å². The Labute approximate surface area is 206 Å². The van der Waals surface area contributed by atoms with Gasteiger partial charge in [-0.1, -0.05) is 43.0 Å².